The molecule has 1 aromatic carbocycles. The number of carboxylic acids is 1. The van der Waals surface area contributed by atoms with Gasteiger partial charge < -0.3 is 9.84 Å². The molecular weight excluding hydrogens is 278 g/mol. The zero-order chi connectivity index (χ0) is 13.7. The number of benzene rings is 1. The molecule has 1 unspecified atom stereocenters. The summed E-state index contributed by atoms with van der Waals surface area (Å²) in [5.74, 6) is 0.149. The van der Waals surface area contributed by atoms with Crippen LogP contribution in [0.3, 0.4) is 0 Å². The smallest absolute Gasteiger partial charge is 0.320 e. The summed E-state index contributed by atoms with van der Waals surface area (Å²) in [4.78, 5) is 13.0. The molecule has 1 heterocycles. The molecule has 1 fully saturated rings. The van der Waals surface area contributed by atoms with Crippen molar-refractivity contribution in [3.8, 4) is 5.75 Å². The first-order chi connectivity index (χ1) is 9.20. The van der Waals surface area contributed by atoms with E-state index in [-0.39, 0.29) is 18.4 Å². The van der Waals surface area contributed by atoms with Crippen LogP contribution in [0.5, 0.6) is 5.75 Å². The van der Waals surface area contributed by atoms with Crippen molar-refractivity contribution in [1.82, 2.24) is 4.90 Å². The van der Waals surface area contributed by atoms with Crippen LogP contribution in [-0.4, -0.2) is 41.7 Å². The predicted octanol–water partition coefficient (Wildman–Crippen LogP) is 2.60. The van der Waals surface area contributed by atoms with Gasteiger partial charge in [0.1, 0.15) is 18.4 Å². The van der Waals surface area contributed by atoms with Crippen LogP contribution in [0.25, 0.3) is 0 Å². The Hall–Kier alpha value is -1.26. The van der Waals surface area contributed by atoms with E-state index in [1.165, 1.54) is 5.56 Å². The van der Waals surface area contributed by atoms with Crippen molar-refractivity contribution >= 4 is 18.4 Å². The van der Waals surface area contributed by atoms with Gasteiger partial charge in [-0.25, -0.2) is 0 Å². The van der Waals surface area contributed by atoms with Crippen molar-refractivity contribution in [2.45, 2.75) is 32.2 Å². The lowest BCUT2D eigenvalue weighted by Crippen LogP contribution is -2.38. The number of nitrogens with zero attached hydrogens (tertiary/aromatic N) is 1. The first-order valence-electron chi connectivity index (χ1n) is 6.89. The number of hydrogen-bond donors (Lipinski definition) is 1. The van der Waals surface area contributed by atoms with Gasteiger partial charge in [-0.2, -0.15) is 0 Å². The molecule has 0 aliphatic carbocycles. The number of hydrogen-bond acceptors (Lipinski definition) is 3. The summed E-state index contributed by atoms with van der Waals surface area (Å²) in [6.45, 7) is 4.18. The monoisotopic (exact) mass is 299 g/mol. The van der Waals surface area contributed by atoms with Gasteiger partial charge in [-0.15, -0.1) is 12.4 Å². The molecule has 0 amide bonds. The van der Waals surface area contributed by atoms with E-state index in [9.17, 15) is 4.79 Å². The van der Waals surface area contributed by atoms with Gasteiger partial charge in [0.05, 0.1) is 0 Å². The maximum atomic E-state index is 11.0. The zero-order valence-corrected chi connectivity index (χ0v) is 12.6. The van der Waals surface area contributed by atoms with Crippen LogP contribution in [0.4, 0.5) is 0 Å². The molecule has 1 N–H and O–H groups in total. The molecule has 20 heavy (non-hydrogen) atoms. The highest BCUT2D eigenvalue weighted by Gasteiger charge is 2.29. The van der Waals surface area contributed by atoms with E-state index in [2.05, 4.69) is 13.0 Å². The number of carboxylic acid groups (broad SMARTS) is 1. The van der Waals surface area contributed by atoms with Crippen molar-refractivity contribution in [2.75, 3.05) is 19.7 Å². The molecule has 112 valence electrons. The van der Waals surface area contributed by atoms with E-state index in [4.69, 9.17) is 9.84 Å². The highest BCUT2D eigenvalue weighted by Crippen LogP contribution is 2.18. The number of aliphatic carboxylic acids is 1. The summed E-state index contributed by atoms with van der Waals surface area (Å²) in [5.41, 5.74) is 1.25. The average Bonchev–Trinajstić information content (AvgIpc) is 2.87. The normalized spacial score (nSPS) is 18.6. The van der Waals surface area contributed by atoms with E-state index in [1.54, 1.807) is 0 Å². The summed E-state index contributed by atoms with van der Waals surface area (Å²) in [5, 5.41) is 9.09. The highest BCUT2D eigenvalue weighted by atomic mass is 35.5. The van der Waals surface area contributed by atoms with Crippen LogP contribution in [0.15, 0.2) is 24.3 Å². The second-order valence-corrected chi connectivity index (χ2v) is 4.88. The Morgan fingerprint density at radius 1 is 1.50 bits per heavy atom. The van der Waals surface area contributed by atoms with Gasteiger partial charge in [-0.05, 0) is 43.5 Å². The summed E-state index contributed by atoms with van der Waals surface area (Å²) in [6, 6.07) is 7.72. The summed E-state index contributed by atoms with van der Waals surface area (Å²) >= 11 is 0. The fourth-order valence-electron chi connectivity index (χ4n) is 2.51. The average molecular weight is 300 g/mol. The Morgan fingerprint density at radius 3 is 3.00 bits per heavy atom. The van der Waals surface area contributed by atoms with Gasteiger partial charge in [0.25, 0.3) is 0 Å². The predicted molar refractivity (Wildman–Crippen MR) is 80.8 cm³/mol. The third-order valence-electron chi connectivity index (χ3n) is 3.60. The molecule has 5 heteroatoms. The van der Waals surface area contributed by atoms with Gasteiger partial charge in [0.2, 0.25) is 0 Å². The second kappa shape index (κ2) is 8.12. The molecule has 2 rings (SSSR count). The van der Waals surface area contributed by atoms with Gasteiger partial charge in [-0.3, -0.25) is 9.69 Å². The lowest BCUT2D eigenvalue weighted by Gasteiger charge is -2.20. The van der Waals surface area contributed by atoms with Gasteiger partial charge in [0, 0.05) is 6.54 Å². The lowest BCUT2D eigenvalue weighted by atomic mass is 10.2. The first kappa shape index (κ1) is 16.8. The second-order valence-electron chi connectivity index (χ2n) is 4.88. The highest BCUT2D eigenvalue weighted by molar-refractivity contribution is 5.85. The van der Waals surface area contributed by atoms with E-state index in [0.29, 0.717) is 13.2 Å². The van der Waals surface area contributed by atoms with Crippen LogP contribution in [-0.2, 0) is 11.2 Å². The number of rotatable bonds is 6. The Morgan fingerprint density at radius 2 is 2.30 bits per heavy atom. The molecule has 4 nitrogen and oxygen atoms in total. The first-order valence-corrected chi connectivity index (χ1v) is 6.89. The molecule has 0 aromatic heterocycles. The molecule has 0 bridgehead atoms. The van der Waals surface area contributed by atoms with Gasteiger partial charge in [0.15, 0.2) is 0 Å². The molecule has 0 spiro atoms. The third-order valence-corrected chi connectivity index (χ3v) is 3.60. The lowest BCUT2D eigenvalue weighted by molar-refractivity contribution is -0.142. The summed E-state index contributed by atoms with van der Waals surface area (Å²) in [6.07, 6.45) is 2.70. The minimum Gasteiger partial charge on any atom is -0.492 e. The Labute approximate surface area is 126 Å². The van der Waals surface area contributed by atoms with Crippen LogP contribution in [0.2, 0.25) is 0 Å². The van der Waals surface area contributed by atoms with Crippen LogP contribution >= 0.6 is 12.4 Å². The quantitative estimate of drug-likeness (QED) is 0.877. The Bertz CT molecular complexity index is 439. The van der Waals surface area contributed by atoms with Gasteiger partial charge >= 0.3 is 5.97 Å². The summed E-state index contributed by atoms with van der Waals surface area (Å²) < 4.78 is 5.70. The third kappa shape index (κ3) is 4.39. The maximum Gasteiger partial charge on any atom is 0.320 e. The minimum absolute atomic E-state index is 0. The number of ether oxygens (including phenoxy) is 1. The Balaban J connectivity index is 0.00000200. The van der Waals surface area contributed by atoms with E-state index >= 15 is 0 Å². The molecule has 1 saturated heterocycles. The zero-order valence-electron chi connectivity index (χ0n) is 11.7. The number of carbonyl (C=O) groups is 1. The van der Waals surface area contributed by atoms with Crippen molar-refractivity contribution in [1.29, 1.82) is 0 Å². The fourth-order valence-corrected chi connectivity index (χ4v) is 2.51. The summed E-state index contributed by atoms with van der Waals surface area (Å²) in [7, 11) is 0. The maximum absolute atomic E-state index is 11.0. The molecule has 1 atom stereocenters. The Kier molecular flexibility index (Phi) is 6.82. The van der Waals surface area contributed by atoms with Crippen molar-refractivity contribution < 1.29 is 14.6 Å². The molecule has 1 aliphatic heterocycles. The molecule has 0 saturated carbocycles. The number of likely N-dealkylation sites (tertiary alicyclic amines) is 1. The van der Waals surface area contributed by atoms with E-state index < -0.39 is 5.97 Å². The standard InChI is InChI=1S/C15H21NO3.ClH/c1-2-12-5-3-6-13(11-12)19-10-9-16-8-4-7-14(16)15(17)18;/h3,5-6,11,14H,2,4,7-10H2,1H3,(H,17,18);1H. The van der Waals surface area contributed by atoms with E-state index in [1.807, 2.05) is 23.1 Å². The topological polar surface area (TPSA) is 49.8 Å². The molecule has 0 radical (unpaired) electrons. The molecule has 1 aliphatic rings. The van der Waals surface area contributed by atoms with Crippen molar-refractivity contribution in [3.05, 3.63) is 29.8 Å². The number of aryl methyl sites for hydroxylation is 1. The number of halogens is 1. The van der Waals surface area contributed by atoms with Crippen molar-refractivity contribution in [2.24, 2.45) is 0 Å². The fraction of sp³-hybridized carbons (Fsp3) is 0.533. The SMILES string of the molecule is CCc1cccc(OCCN2CCCC2C(=O)O)c1.Cl. The minimum atomic E-state index is -0.717. The molecule has 1 aromatic rings. The largest absolute Gasteiger partial charge is 0.492 e. The van der Waals surface area contributed by atoms with Crippen LogP contribution in [0.1, 0.15) is 25.3 Å². The van der Waals surface area contributed by atoms with E-state index in [0.717, 1.165) is 31.6 Å². The van der Waals surface area contributed by atoms with Gasteiger partial charge in [-0.1, -0.05) is 19.1 Å². The van der Waals surface area contributed by atoms with Crippen LogP contribution in [0, 0.1) is 0 Å². The van der Waals surface area contributed by atoms with Crippen LogP contribution < -0.4 is 4.74 Å². The van der Waals surface area contributed by atoms with Crippen molar-refractivity contribution in [3.63, 3.8) is 0 Å². The molecular formula is C15H22ClNO3.